The van der Waals surface area contributed by atoms with Gasteiger partial charge >= 0.3 is 0 Å². The Morgan fingerprint density at radius 1 is 1.21 bits per heavy atom. The summed E-state index contributed by atoms with van der Waals surface area (Å²) in [7, 11) is 1.64. The first-order valence-corrected chi connectivity index (χ1v) is 10.6. The molecule has 2 aliphatic heterocycles. The Morgan fingerprint density at radius 3 is 2.73 bits per heavy atom. The molecule has 5 rings (SSSR count). The third-order valence-corrected chi connectivity index (χ3v) is 5.88. The van der Waals surface area contributed by atoms with E-state index in [1.807, 2.05) is 61.0 Å². The molecule has 1 unspecified atom stereocenters. The van der Waals surface area contributed by atoms with E-state index in [9.17, 15) is 0 Å². The first kappa shape index (κ1) is 20.6. The monoisotopic (exact) mass is 441 g/mol. The number of benzene rings is 2. The number of rotatable bonds is 4. The van der Waals surface area contributed by atoms with Crippen LogP contribution >= 0.6 is 0 Å². The number of hydrogen-bond acceptors (Lipinski definition) is 7. The summed E-state index contributed by atoms with van der Waals surface area (Å²) in [5, 5.41) is 13.5. The third kappa shape index (κ3) is 3.68. The van der Waals surface area contributed by atoms with Gasteiger partial charge in [0.25, 0.3) is 0 Å². The van der Waals surface area contributed by atoms with Crippen molar-refractivity contribution in [3.05, 3.63) is 83.1 Å². The van der Waals surface area contributed by atoms with E-state index in [2.05, 4.69) is 21.1 Å². The quantitative estimate of drug-likeness (QED) is 0.610. The normalized spacial score (nSPS) is 20.5. The van der Waals surface area contributed by atoms with Gasteiger partial charge in [-0.05, 0) is 42.8 Å². The molecule has 3 heterocycles. The van der Waals surface area contributed by atoms with Crippen LogP contribution in [0.2, 0.25) is 0 Å². The Morgan fingerprint density at radius 2 is 2.03 bits per heavy atom. The van der Waals surface area contributed by atoms with E-state index in [1.54, 1.807) is 25.6 Å². The molecule has 0 aliphatic carbocycles. The maximum atomic E-state index is 9.10. The highest BCUT2D eigenvalue weighted by molar-refractivity contribution is 6.01. The van der Waals surface area contributed by atoms with Gasteiger partial charge in [-0.2, -0.15) is 5.26 Å². The van der Waals surface area contributed by atoms with Gasteiger partial charge in [0.2, 0.25) is 11.6 Å². The fraction of sp³-hybridized carbons (Fsp3) is 0.240. The van der Waals surface area contributed by atoms with E-state index in [0.717, 1.165) is 28.3 Å². The lowest BCUT2D eigenvalue weighted by Gasteiger charge is -2.37. The minimum absolute atomic E-state index is 0.498. The number of oxime groups is 1. The van der Waals surface area contributed by atoms with Crippen LogP contribution in [0.4, 0.5) is 0 Å². The summed E-state index contributed by atoms with van der Waals surface area (Å²) >= 11 is 0. The van der Waals surface area contributed by atoms with Crippen LogP contribution in [-0.4, -0.2) is 40.5 Å². The zero-order valence-electron chi connectivity index (χ0n) is 18.6. The second kappa shape index (κ2) is 8.02. The lowest BCUT2D eigenvalue weighted by Crippen LogP contribution is -2.48. The van der Waals surface area contributed by atoms with Crippen molar-refractivity contribution >= 4 is 11.9 Å². The number of nitrogens with zero attached hydrogens (tertiary/aromatic N) is 5. The third-order valence-electron chi connectivity index (χ3n) is 5.88. The molecular formula is C25H23N5O3. The summed E-state index contributed by atoms with van der Waals surface area (Å²) in [5.41, 5.74) is 3.51. The van der Waals surface area contributed by atoms with Gasteiger partial charge in [-0.3, -0.25) is 0 Å². The van der Waals surface area contributed by atoms with E-state index in [-0.39, 0.29) is 0 Å². The van der Waals surface area contributed by atoms with Crippen LogP contribution in [0, 0.1) is 18.3 Å². The van der Waals surface area contributed by atoms with Crippen LogP contribution in [0.15, 0.2) is 65.9 Å². The zero-order valence-corrected chi connectivity index (χ0v) is 18.6. The summed E-state index contributed by atoms with van der Waals surface area (Å²) in [6, 6.07) is 15.5. The number of imidazole rings is 1. The number of methoxy groups -OCH3 is 1. The Bertz CT molecular complexity index is 1300. The largest absolute Gasteiger partial charge is 0.497 e. The molecule has 2 aromatic carbocycles. The molecule has 33 heavy (non-hydrogen) atoms. The van der Waals surface area contributed by atoms with Gasteiger partial charge in [-0.15, -0.1) is 0 Å². The number of amidine groups is 1. The lowest BCUT2D eigenvalue weighted by atomic mass is 10.0. The van der Waals surface area contributed by atoms with Crippen molar-refractivity contribution in [2.45, 2.75) is 19.6 Å². The van der Waals surface area contributed by atoms with Crippen LogP contribution < -0.4 is 4.74 Å². The molecule has 3 aromatic rings. The predicted octanol–water partition coefficient (Wildman–Crippen LogP) is 3.95. The van der Waals surface area contributed by atoms with Gasteiger partial charge in [0.05, 0.1) is 43.0 Å². The highest BCUT2D eigenvalue weighted by Gasteiger charge is 2.46. The van der Waals surface area contributed by atoms with Crippen molar-refractivity contribution in [2.75, 3.05) is 20.3 Å². The molecule has 0 bridgehead atoms. The maximum absolute atomic E-state index is 9.10. The van der Waals surface area contributed by atoms with E-state index in [0.29, 0.717) is 30.3 Å². The number of morpholine rings is 1. The SMILES string of the molecule is COc1cc(C=C2OCCN3C2=NOC3(C)c2ccc(C#N)cc2)cc(-n2cnc(C)c2)c1. The fourth-order valence-corrected chi connectivity index (χ4v) is 4.08. The summed E-state index contributed by atoms with van der Waals surface area (Å²) in [6.45, 7) is 5.05. The Kier molecular flexibility index (Phi) is 5.02. The average Bonchev–Trinajstić information content (AvgIpc) is 3.44. The highest BCUT2D eigenvalue weighted by Crippen LogP contribution is 2.38. The molecule has 2 aliphatic rings. The van der Waals surface area contributed by atoms with Crippen LogP contribution in [0.1, 0.15) is 29.3 Å². The van der Waals surface area contributed by atoms with E-state index >= 15 is 0 Å². The van der Waals surface area contributed by atoms with Crippen molar-refractivity contribution < 1.29 is 14.3 Å². The fourth-order valence-electron chi connectivity index (χ4n) is 4.08. The van der Waals surface area contributed by atoms with Gasteiger partial charge in [0, 0.05) is 24.8 Å². The van der Waals surface area contributed by atoms with Gasteiger partial charge < -0.3 is 23.8 Å². The van der Waals surface area contributed by atoms with Gasteiger partial charge in [0.15, 0.2) is 5.76 Å². The van der Waals surface area contributed by atoms with Crippen LogP contribution in [0.25, 0.3) is 11.8 Å². The summed E-state index contributed by atoms with van der Waals surface area (Å²) < 4.78 is 13.5. The smallest absolute Gasteiger partial charge is 0.234 e. The molecule has 166 valence electrons. The molecule has 1 saturated heterocycles. The molecule has 0 N–H and O–H groups in total. The number of nitriles is 1. The lowest BCUT2D eigenvalue weighted by molar-refractivity contribution is -0.0967. The van der Waals surface area contributed by atoms with E-state index in [4.69, 9.17) is 19.6 Å². The van der Waals surface area contributed by atoms with Crippen molar-refractivity contribution in [1.82, 2.24) is 14.5 Å². The molecule has 8 heteroatoms. The average molecular weight is 441 g/mol. The molecule has 0 amide bonds. The number of aromatic nitrogens is 2. The topological polar surface area (TPSA) is 84.9 Å². The van der Waals surface area contributed by atoms with Crippen molar-refractivity contribution in [3.8, 4) is 17.5 Å². The van der Waals surface area contributed by atoms with E-state index < -0.39 is 5.72 Å². The minimum Gasteiger partial charge on any atom is -0.497 e. The van der Waals surface area contributed by atoms with Gasteiger partial charge in [-0.1, -0.05) is 17.3 Å². The molecular weight excluding hydrogens is 418 g/mol. The Hall–Kier alpha value is -4.25. The highest BCUT2D eigenvalue weighted by atomic mass is 16.7. The summed E-state index contributed by atoms with van der Waals surface area (Å²) in [5.74, 6) is 1.99. The van der Waals surface area contributed by atoms with Crippen LogP contribution in [-0.2, 0) is 15.3 Å². The first-order valence-electron chi connectivity index (χ1n) is 10.6. The van der Waals surface area contributed by atoms with E-state index in [1.165, 1.54) is 0 Å². The number of ether oxygens (including phenoxy) is 2. The standard InChI is InChI=1S/C25H23N5O3/c1-17-15-29(16-27-17)21-10-19(11-22(13-21)31-3)12-23-24-28-33-25(2,30(24)8-9-32-23)20-6-4-18(14-26)5-7-20/h4-7,10-13,15-16H,8-9H2,1-3H3. The van der Waals surface area contributed by atoms with Crippen LogP contribution in [0.3, 0.4) is 0 Å². The maximum Gasteiger partial charge on any atom is 0.234 e. The molecule has 0 spiro atoms. The predicted molar refractivity (Wildman–Crippen MR) is 123 cm³/mol. The summed E-state index contributed by atoms with van der Waals surface area (Å²) in [4.78, 5) is 12.3. The molecule has 1 aromatic heterocycles. The number of fused-ring (bicyclic) bond motifs is 1. The number of hydrogen-bond donors (Lipinski definition) is 0. The Balaban J connectivity index is 1.48. The second-order valence-corrected chi connectivity index (χ2v) is 8.07. The van der Waals surface area contributed by atoms with Crippen molar-refractivity contribution in [3.63, 3.8) is 0 Å². The second-order valence-electron chi connectivity index (χ2n) is 8.07. The summed E-state index contributed by atoms with van der Waals surface area (Å²) in [6.07, 6.45) is 5.68. The molecule has 1 fully saturated rings. The first-order chi connectivity index (χ1) is 16.0. The molecule has 0 saturated carbocycles. The zero-order chi connectivity index (χ0) is 23.0. The van der Waals surface area contributed by atoms with Gasteiger partial charge in [-0.25, -0.2) is 4.98 Å². The number of aryl methyl sites for hydroxylation is 1. The molecule has 0 radical (unpaired) electrons. The Labute approximate surface area is 191 Å². The van der Waals surface area contributed by atoms with Crippen LogP contribution in [0.5, 0.6) is 5.75 Å². The van der Waals surface area contributed by atoms with Crippen molar-refractivity contribution in [1.29, 1.82) is 5.26 Å². The molecule has 8 nitrogen and oxygen atoms in total. The van der Waals surface area contributed by atoms with Gasteiger partial charge in [0.1, 0.15) is 12.4 Å². The minimum atomic E-state index is -0.778. The molecule has 1 atom stereocenters. The van der Waals surface area contributed by atoms with Crippen molar-refractivity contribution in [2.24, 2.45) is 5.16 Å².